The zero-order valence-electron chi connectivity index (χ0n) is 17.1. The highest BCUT2D eigenvalue weighted by Crippen LogP contribution is 2.57. The SMILES string of the molecule is COCCOC1C(OP(C)(=O)O)C(C2CC2[P+](=O)OO)OC1n1cc(C)c(=O)[nH]c1=O. The number of hydrogen-bond acceptors (Lipinski definition) is 10. The average molecular weight is 483 g/mol. The molecule has 8 unspecified atom stereocenters. The summed E-state index contributed by atoms with van der Waals surface area (Å²) in [5.41, 5.74) is -1.64. The molecule has 0 amide bonds. The second kappa shape index (κ2) is 9.70. The Morgan fingerprint density at radius 1 is 1.35 bits per heavy atom. The fourth-order valence-corrected chi connectivity index (χ4v) is 5.37. The standard InChI is InChI=1S/C16H24N2O11P2/c1-8-7-18(16(20)17-14(8)19)15-13(26-5-4-25-2)12(28-31(3,23)24)11(27-15)9-6-10(9)30(22)29-21/h7,9-13,15H,4-6H2,1-3H3,(H2-,17,19,20,21,23,24)/p+1. The lowest BCUT2D eigenvalue weighted by Gasteiger charge is -2.26. The molecule has 13 nitrogen and oxygen atoms in total. The van der Waals surface area contributed by atoms with E-state index >= 15 is 0 Å². The van der Waals surface area contributed by atoms with Crippen LogP contribution in [0.5, 0.6) is 0 Å². The van der Waals surface area contributed by atoms with E-state index in [0.717, 1.165) is 11.2 Å². The molecule has 0 aromatic carbocycles. The molecule has 15 heteroatoms. The zero-order valence-corrected chi connectivity index (χ0v) is 18.9. The molecule has 2 aliphatic rings. The van der Waals surface area contributed by atoms with Crippen LogP contribution in [-0.2, 0) is 32.5 Å². The van der Waals surface area contributed by atoms with Gasteiger partial charge < -0.3 is 19.1 Å². The van der Waals surface area contributed by atoms with Crippen LogP contribution in [0.2, 0.25) is 0 Å². The third-order valence-corrected chi connectivity index (χ3v) is 7.07. The van der Waals surface area contributed by atoms with E-state index in [4.69, 9.17) is 24.0 Å². The monoisotopic (exact) mass is 483 g/mol. The van der Waals surface area contributed by atoms with Gasteiger partial charge in [0.1, 0.15) is 12.2 Å². The average Bonchev–Trinajstić information content (AvgIpc) is 3.41. The molecule has 31 heavy (non-hydrogen) atoms. The van der Waals surface area contributed by atoms with Gasteiger partial charge >= 0.3 is 21.3 Å². The molecule has 174 valence electrons. The Labute approximate surface area is 177 Å². The number of hydrogen-bond donors (Lipinski definition) is 3. The van der Waals surface area contributed by atoms with Crippen LogP contribution in [0, 0.1) is 12.8 Å². The van der Waals surface area contributed by atoms with E-state index in [0.29, 0.717) is 6.42 Å². The lowest BCUT2D eigenvalue weighted by Crippen LogP contribution is -2.41. The van der Waals surface area contributed by atoms with Crippen molar-refractivity contribution >= 4 is 15.6 Å². The molecule has 0 radical (unpaired) electrons. The Morgan fingerprint density at radius 2 is 2.06 bits per heavy atom. The Bertz CT molecular complexity index is 973. The van der Waals surface area contributed by atoms with Crippen molar-refractivity contribution in [1.29, 1.82) is 0 Å². The van der Waals surface area contributed by atoms with E-state index in [2.05, 4.69) is 9.66 Å². The molecular formula is C16H25N2O11P2+. The van der Waals surface area contributed by atoms with Gasteiger partial charge in [0.25, 0.3) is 5.56 Å². The van der Waals surface area contributed by atoms with Gasteiger partial charge in [-0.05, 0) is 11.5 Å². The molecular weight excluding hydrogens is 458 g/mol. The predicted molar refractivity (Wildman–Crippen MR) is 105 cm³/mol. The molecule has 1 aromatic rings. The quantitative estimate of drug-likeness (QED) is 0.184. The number of aromatic amines is 1. The van der Waals surface area contributed by atoms with E-state index in [9.17, 15) is 23.6 Å². The molecule has 0 bridgehead atoms. The van der Waals surface area contributed by atoms with Crippen molar-refractivity contribution in [3.05, 3.63) is 32.6 Å². The van der Waals surface area contributed by atoms with Crippen molar-refractivity contribution in [3.8, 4) is 0 Å². The Hall–Kier alpha value is -1.27. The molecule has 1 aliphatic heterocycles. The lowest BCUT2D eigenvalue weighted by molar-refractivity contribution is -0.130. The summed E-state index contributed by atoms with van der Waals surface area (Å²) >= 11 is 0. The Kier molecular flexibility index (Phi) is 7.62. The number of ether oxygens (including phenoxy) is 3. The third-order valence-electron chi connectivity index (χ3n) is 5.14. The Balaban J connectivity index is 1.99. The van der Waals surface area contributed by atoms with Crippen LogP contribution < -0.4 is 11.2 Å². The van der Waals surface area contributed by atoms with Crippen molar-refractivity contribution < 1.29 is 42.7 Å². The van der Waals surface area contributed by atoms with Gasteiger partial charge in [-0.25, -0.2) is 10.1 Å². The number of aromatic nitrogens is 2. The number of methoxy groups -OCH3 is 1. The summed E-state index contributed by atoms with van der Waals surface area (Å²) in [4.78, 5) is 36.3. The molecule has 3 N–H and O–H groups in total. The molecule has 2 heterocycles. The largest absolute Gasteiger partial charge is 0.542 e. The maximum atomic E-state index is 12.5. The van der Waals surface area contributed by atoms with Crippen molar-refractivity contribution in [2.75, 3.05) is 27.0 Å². The third kappa shape index (κ3) is 5.57. The maximum absolute atomic E-state index is 12.5. The van der Waals surface area contributed by atoms with Crippen molar-refractivity contribution in [2.45, 2.75) is 43.5 Å². The Morgan fingerprint density at radius 3 is 2.68 bits per heavy atom. The van der Waals surface area contributed by atoms with Gasteiger partial charge in [0.15, 0.2) is 11.9 Å². The molecule has 1 saturated carbocycles. The molecule has 8 atom stereocenters. The molecule has 0 spiro atoms. The smallest absolute Gasteiger partial charge is 0.382 e. The van der Waals surface area contributed by atoms with Gasteiger partial charge in [0, 0.05) is 42.5 Å². The lowest BCUT2D eigenvalue weighted by atomic mass is 10.1. The summed E-state index contributed by atoms with van der Waals surface area (Å²) < 4.78 is 51.2. The molecule has 3 rings (SSSR count). The summed E-state index contributed by atoms with van der Waals surface area (Å²) in [5.74, 6) is -0.439. The van der Waals surface area contributed by atoms with Crippen molar-refractivity contribution in [1.82, 2.24) is 9.55 Å². The first-order chi connectivity index (χ1) is 14.6. The zero-order chi connectivity index (χ0) is 22.9. The molecule has 1 aliphatic carbocycles. The van der Waals surface area contributed by atoms with Crippen LogP contribution >= 0.6 is 15.6 Å². The van der Waals surface area contributed by atoms with Crippen molar-refractivity contribution in [3.63, 3.8) is 0 Å². The summed E-state index contributed by atoms with van der Waals surface area (Å²) in [6.07, 6.45) is -2.51. The minimum atomic E-state index is -4.03. The first-order valence-corrected chi connectivity index (χ1v) is 12.7. The van der Waals surface area contributed by atoms with Crippen LogP contribution in [0.3, 0.4) is 0 Å². The normalized spacial score (nSPS) is 32.6. The molecule has 1 saturated heterocycles. The van der Waals surface area contributed by atoms with E-state index in [1.807, 2.05) is 0 Å². The van der Waals surface area contributed by atoms with Crippen LogP contribution in [-0.4, -0.2) is 70.7 Å². The summed E-state index contributed by atoms with van der Waals surface area (Å²) in [6.45, 7) is 2.76. The number of rotatable bonds is 10. The first kappa shape index (κ1) is 24.4. The minimum absolute atomic E-state index is 0.0618. The number of nitrogens with zero attached hydrogens (tertiary/aromatic N) is 1. The predicted octanol–water partition coefficient (Wildman–Crippen LogP) is 0.595. The van der Waals surface area contributed by atoms with Gasteiger partial charge in [0.2, 0.25) is 0 Å². The highest BCUT2D eigenvalue weighted by molar-refractivity contribution is 7.51. The van der Waals surface area contributed by atoms with Crippen LogP contribution in [0.25, 0.3) is 0 Å². The summed E-state index contributed by atoms with van der Waals surface area (Å²) in [5, 5.41) is 8.72. The number of aryl methyl sites for hydroxylation is 1. The fraction of sp³-hybridized carbons (Fsp3) is 0.750. The van der Waals surface area contributed by atoms with Gasteiger partial charge in [-0.2, -0.15) is 0 Å². The topological polar surface area (TPSA) is 176 Å². The number of H-pyrrole nitrogens is 1. The summed E-state index contributed by atoms with van der Waals surface area (Å²) in [7, 11) is -4.95. The molecule has 2 fully saturated rings. The van der Waals surface area contributed by atoms with E-state index in [-0.39, 0.29) is 18.8 Å². The highest BCUT2D eigenvalue weighted by Gasteiger charge is 2.65. The first-order valence-electron chi connectivity index (χ1n) is 9.42. The van der Waals surface area contributed by atoms with Gasteiger partial charge in [-0.1, -0.05) is 0 Å². The van der Waals surface area contributed by atoms with Crippen LogP contribution in [0.15, 0.2) is 15.8 Å². The van der Waals surface area contributed by atoms with Crippen molar-refractivity contribution in [2.24, 2.45) is 5.92 Å². The van der Waals surface area contributed by atoms with E-state index in [1.54, 1.807) is 0 Å². The molecule has 1 aromatic heterocycles. The van der Waals surface area contributed by atoms with Crippen LogP contribution in [0.4, 0.5) is 0 Å². The summed E-state index contributed by atoms with van der Waals surface area (Å²) in [6, 6.07) is 0. The van der Waals surface area contributed by atoms with E-state index < -0.39 is 63.0 Å². The van der Waals surface area contributed by atoms with Gasteiger partial charge in [-0.15, -0.1) is 0 Å². The van der Waals surface area contributed by atoms with Crippen LogP contribution in [0.1, 0.15) is 18.2 Å². The highest BCUT2D eigenvalue weighted by atomic mass is 31.2. The maximum Gasteiger partial charge on any atom is 0.542 e. The van der Waals surface area contributed by atoms with Gasteiger partial charge in [-0.3, -0.25) is 23.4 Å². The fourth-order valence-electron chi connectivity index (χ4n) is 3.66. The van der Waals surface area contributed by atoms with E-state index in [1.165, 1.54) is 20.2 Å². The van der Waals surface area contributed by atoms with Gasteiger partial charge in [0.05, 0.1) is 19.3 Å². The minimum Gasteiger partial charge on any atom is -0.382 e. The second-order valence-electron chi connectivity index (χ2n) is 7.51. The number of nitrogens with one attached hydrogen (secondary N) is 1. The second-order valence-corrected chi connectivity index (χ2v) is 10.7.